The third-order valence-electron chi connectivity index (χ3n) is 4.22. The van der Waals surface area contributed by atoms with Gasteiger partial charge in [-0.15, -0.1) is 0 Å². The van der Waals surface area contributed by atoms with Crippen molar-refractivity contribution in [2.75, 3.05) is 0 Å². The normalized spacial score (nSPS) is 10.9. The van der Waals surface area contributed by atoms with E-state index in [4.69, 9.17) is 36.9 Å². The predicted octanol–water partition coefficient (Wildman–Crippen LogP) is 6.10. The van der Waals surface area contributed by atoms with Gasteiger partial charge in [-0.3, -0.25) is 10.1 Å². The maximum absolute atomic E-state index is 10.9. The Bertz CT molecular complexity index is 1230. The predicted molar refractivity (Wildman–Crippen MR) is 110 cm³/mol. The van der Waals surface area contributed by atoms with E-state index >= 15 is 0 Å². The van der Waals surface area contributed by atoms with Crippen molar-refractivity contribution in [1.82, 2.24) is 10.1 Å². The van der Waals surface area contributed by atoms with E-state index in [-0.39, 0.29) is 18.2 Å². The first-order valence-electron chi connectivity index (χ1n) is 8.67. The fourth-order valence-corrected chi connectivity index (χ4v) is 3.24. The first kappa shape index (κ1) is 19.9. The van der Waals surface area contributed by atoms with E-state index in [1.165, 1.54) is 12.1 Å². The van der Waals surface area contributed by atoms with E-state index in [0.29, 0.717) is 44.3 Å². The van der Waals surface area contributed by atoms with Gasteiger partial charge in [-0.2, -0.15) is 4.98 Å². The number of halogens is 2. The van der Waals surface area contributed by atoms with E-state index < -0.39 is 4.92 Å². The summed E-state index contributed by atoms with van der Waals surface area (Å²) < 4.78 is 16.6. The molecule has 10 heteroatoms. The molecule has 0 fully saturated rings. The topological polar surface area (TPSA) is 104 Å². The second-order valence-electron chi connectivity index (χ2n) is 6.31. The average Bonchev–Trinajstić information content (AvgIpc) is 3.35. The summed E-state index contributed by atoms with van der Waals surface area (Å²) in [5.74, 6) is 1.88. The maximum atomic E-state index is 10.9. The standard InChI is InChI=1S/C20H13Cl2N3O5/c1-11-8-13(3-6-17(11)25(26)27)28-10-14-4-7-18(29-14)20-23-19(24-30-20)15-5-2-12(21)9-16(15)22/h2-9H,10H2,1H3. The summed E-state index contributed by atoms with van der Waals surface area (Å²) in [6.07, 6.45) is 0. The molecule has 4 rings (SSSR count). The number of ether oxygens (including phenoxy) is 1. The van der Waals surface area contributed by atoms with E-state index in [2.05, 4.69) is 10.1 Å². The van der Waals surface area contributed by atoms with E-state index in [0.717, 1.165) is 0 Å². The second-order valence-corrected chi connectivity index (χ2v) is 7.15. The van der Waals surface area contributed by atoms with Crippen molar-refractivity contribution >= 4 is 28.9 Å². The summed E-state index contributed by atoms with van der Waals surface area (Å²) in [7, 11) is 0. The molecule has 0 aliphatic carbocycles. The maximum Gasteiger partial charge on any atom is 0.293 e. The van der Waals surface area contributed by atoms with Crippen LogP contribution in [-0.2, 0) is 6.61 Å². The van der Waals surface area contributed by atoms with Crippen molar-refractivity contribution in [2.45, 2.75) is 13.5 Å². The molecule has 0 bridgehead atoms. The van der Waals surface area contributed by atoms with Crippen molar-refractivity contribution in [2.24, 2.45) is 0 Å². The molecule has 0 aliphatic rings. The Morgan fingerprint density at radius 1 is 1.13 bits per heavy atom. The number of nitro groups is 1. The quantitative estimate of drug-likeness (QED) is 0.260. The van der Waals surface area contributed by atoms with Crippen LogP contribution < -0.4 is 4.74 Å². The van der Waals surface area contributed by atoms with Crippen molar-refractivity contribution in [1.29, 1.82) is 0 Å². The van der Waals surface area contributed by atoms with Gasteiger partial charge in [0.15, 0.2) is 5.76 Å². The number of aromatic nitrogens is 2. The van der Waals surface area contributed by atoms with Crippen LogP contribution in [0.3, 0.4) is 0 Å². The van der Waals surface area contributed by atoms with Crippen molar-refractivity contribution < 1.29 is 18.6 Å². The lowest BCUT2D eigenvalue weighted by molar-refractivity contribution is -0.385. The third kappa shape index (κ3) is 4.14. The largest absolute Gasteiger partial charge is 0.486 e. The highest BCUT2D eigenvalue weighted by Crippen LogP contribution is 2.31. The lowest BCUT2D eigenvalue weighted by atomic mass is 10.2. The Labute approximate surface area is 180 Å². The van der Waals surface area contributed by atoms with Crippen LogP contribution >= 0.6 is 23.2 Å². The Morgan fingerprint density at radius 2 is 1.97 bits per heavy atom. The molecule has 2 aromatic heterocycles. The van der Waals surface area contributed by atoms with E-state index in [9.17, 15) is 10.1 Å². The fraction of sp³-hybridized carbons (Fsp3) is 0.100. The fourth-order valence-electron chi connectivity index (χ4n) is 2.75. The van der Waals surface area contributed by atoms with Gasteiger partial charge in [-0.05, 0) is 49.4 Å². The van der Waals surface area contributed by atoms with Crippen LogP contribution in [0.1, 0.15) is 11.3 Å². The summed E-state index contributed by atoms with van der Waals surface area (Å²) in [6, 6.07) is 12.9. The molecule has 0 N–H and O–H groups in total. The Hall–Kier alpha value is -3.36. The van der Waals surface area contributed by atoms with Gasteiger partial charge in [0.25, 0.3) is 11.6 Å². The molecule has 2 heterocycles. The molecule has 0 saturated heterocycles. The van der Waals surface area contributed by atoms with Gasteiger partial charge in [-0.25, -0.2) is 0 Å². The van der Waals surface area contributed by atoms with Crippen LogP contribution in [0, 0.1) is 17.0 Å². The number of furan rings is 1. The molecule has 0 atom stereocenters. The highest BCUT2D eigenvalue weighted by Gasteiger charge is 2.17. The molecule has 0 spiro atoms. The molecule has 0 amide bonds. The number of aryl methyl sites for hydroxylation is 1. The summed E-state index contributed by atoms with van der Waals surface area (Å²) in [6.45, 7) is 1.78. The first-order valence-corrected chi connectivity index (χ1v) is 9.42. The minimum Gasteiger partial charge on any atom is -0.486 e. The highest BCUT2D eigenvalue weighted by molar-refractivity contribution is 6.36. The van der Waals surface area contributed by atoms with Crippen LogP contribution in [0.2, 0.25) is 10.0 Å². The lowest BCUT2D eigenvalue weighted by Crippen LogP contribution is -1.96. The smallest absolute Gasteiger partial charge is 0.293 e. The SMILES string of the molecule is Cc1cc(OCc2ccc(-c3nc(-c4ccc(Cl)cc4Cl)no3)o2)ccc1[N+](=O)[O-]. The van der Waals surface area contributed by atoms with Gasteiger partial charge in [0.05, 0.1) is 9.95 Å². The second kappa shape index (κ2) is 8.17. The highest BCUT2D eigenvalue weighted by atomic mass is 35.5. The zero-order valence-corrected chi connectivity index (χ0v) is 17.0. The van der Waals surface area contributed by atoms with Crippen molar-refractivity contribution in [3.63, 3.8) is 0 Å². The molecule has 0 saturated carbocycles. The molecule has 8 nitrogen and oxygen atoms in total. The Morgan fingerprint density at radius 3 is 2.70 bits per heavy atom. The number of hydrogen-bond donors (Lipinski definition) is 0. The number of benzene rings is 2. The summed E-state index contributed by atoms with van der Waals surface area (Å²) in [5, 5.41) is 15.7. The molecular weight excluding hydrogens is 433 g/mol. The minimum atomic E-state index is -0.437. The van der Waals surface area contributed by atoms with Crippen molar-refractivity contribution in [3.8, 4) is 28.8 Å². The van der Waals surface area contributed by atoms with Gasteiger partial charge in [0, 0.05) is 22.2 Å². The molecule has 0 aliphatic heterocycles. The molecule has 0 unspecified atom stereocenters. The van der Waals surface area contributed by atoms with Gasteiger partial charge < -0.3 is 13.7 Å². The number of nitrogens with zero attached hydrogens (tertiary/aromatic N) is 3. The monoisotopic (exact) mass is 445 g/mol. The zero-order valence-electron chi connectivity index (χ0n) is 15.5. The molecular formula is C20H13Cl2N3O5. The number of nitro benzene ring substituents is 1. The summed E-state index contributed by atoms with van der Waals surface area (Å²) in [5.41, 5.74) is 1.13. The number of rotatable bonds is 6. The van der Waals surface area contributed by atoms with Crippen LogP contribution in [0.25, 0.3) is 23.0 Å². The lowest BCUT2D eigenvalue weighted by Gasteiger charge is -2.05. The van der Waals surface area contributed by atoms with Crippen LogP contribution in [0.5, 0.6) is 5.75 Å². The molecule has 2 aromatic carbocycles. The Kier molecular flexibility index (Phi) is 5.43. The van der Waals surface area contributed by atoms with Crippen LogP contribution in [0.15, 0.2) is 57.5 Å². The van der Waals surface area contributed by atoms with Gasteiger partial charge in [0.1, 0.15) is 18.1 Å². The summed E-state index contributed by atoms with van der Waals surface area (Å²) >= 11 is 12.1. The van der Waals surface area contributed by atoms with Crippen LogP contribution in [0.4, 0.5) is 5.69 Å². The zero-order chi connectivity index (χ0) is 21.3. The average molecular weight is 446 g/mol. The molecule has 0 radical (unpaired) electrons. The van der Waals surface area contributed by atoms with Gasteiger partial charge in [-0.1, -0.05) is 28.4 Å². The molecule has 152 valence electrons. The third-order valence-corrected chi connectivity index (χ3v) is 4.76. The van der Waals surface area contributed by atoms with Gasteiger partial charge in [0.2, 0.25) is 5.82 Å². The molecule has 4 aromatic rings. The minimum absolute atomic E-state index is 0.0376. The Balaban J connectivity index is 1.46. The molecule has 30 heavy (non-hydrogen) atoms. The first-order chi connectivity index (χ1) is 14.4. The van der Waals surface area contributed by atoms with Crippen LogP contribution in [-0.4, -0.2) is 15.1 Å². The van der Waals surface area contributed by atoms with E-state index in [1.807, 2.05) is 0 Å². The van der Waals surface area contributed by atoms with Gasteiger partial charge >= 0.3 is 0 Å². The van der Waals surface area contributed by atoms with E-state index in [1.54, 1.807) is 43.3 Å². The summed E-state index contributed by atoms with van der Waals surface area (Å²) in [4.78, 5) is 14.8. The van der Waals surface area contributed by atoms with Crippen molar-refractivity contribution in [3.05, 3.63) is 80.0 Å². The number of hydrogen-bond acceptors (Lipinski definition) is 7.